The Morgan fingerprint density at radius 3 is 2.83 bits per heavy atom. The van der Waals surface area contributed by atoms with Crippen LogP contribution in [0.25, 0.3) is 11.0 Å². The number of hydrogen-bond donors (Lipinski definition) is 0. The third-order valence-electron chi connectivity index (χ3n) is 3.30. The van der Waals surface area contributed by atoms with Crippen LogP contribution in [0.1, 0.15) is 16.6 Å². The Labute approximate surface area is 167 Å². The van der Waals surface area contributed by atoms with E-state index < -0.39 is 0 Å². The third kappa shape index (κ3) is 4.22. The Kier molecular flexibility index (Phi) is 6.91. The van der Waals surface area contributed by atoms with E-state index in [0.29, 0.717) is 12.4 Å². The molecule has 0 unspecified atom stereocenters. The Balaban J connectivity index is 0.00000208. The van der Waals surface area contributed by atoms with Crippen molar-refractivity contribution in [3.05, 3.63) is 39.0 Å². The van der Waals surface area contributed by atoms with Crippen LogP contribution in [0.5, 0.6) is 5.75 Å². The number of thiophene rings is 1. The number of imidazole rings is 1. The molecule has 4 nitrogen and oxygen atoms in total. The molecule has 0 atom stereocenters. The Bertz CT molecular complexity index is 861. The molecule has 2 heterocycles. The fourth-order valence-electron chi connectivity index (χ4n) is 2.21. The Morgan fingerprint density at radius 1 is 1.38 bits per heavy atom. The van der Waals surface area contributed by atoms with Crippen molar-refractivity contribution in [2.24, 2.45) is 7.05 Å². The van der Waals surface area contributed by atoms with Crippen LogP contribution in [-0.2, 0) is 7.05 Å². The number of ether oxygens (including phenoxy) is 1. The smallest absolute Gasteiger partial charge is 0.183 e. The van der Waals surface area contributed by atoms with Crippen molar-refractivity contribution in [1.82, 2.24) is 9.55 Å². The first kappa shape index (κ1) is 19.5. The second-order valence-electron chi connectivity index (χ2n) is 4.85. The quantitative estimate of drug-likeness (QED) is 0.390. The van der Waals surface area contributed by atoms with Crippen LogP contribution in [0.3, 0.4) is 0 Å². The lowest BCUT2D eigenvalue weighted by Crippen LogP contribution is -3.00. The Hall–Kier alpha value is -0.830. The molecule has 0 radical (unpaired) electrons. The van der Waals surface area contributed by atoms with Gasteiger partial charge in [-0.2, -0.15) is 0 Å². The summed E-state index contributed by atoms with van der Waals surface area (Å²) in [6.45, 7) is 2.59. The van der Waals surface area contributed by atoms with E-state index in [-0.39, 0.29) is 22.8 Å². The van der Waals surface area contributed by atoms with E-state index in [1.165, 1.54) is 23.1 Å². The summed E-state index contributed by atoms with van der Waals surface area (Å²) in [5, 5.41) is 0.831. The average molecular weight is 491 g/mol. The molecule has 0 bridgehead atoms. The fraction of sp³-hybridized carbons (Fsp3) is 0.250. The van der Waals surface area contributed by atoms with Gasteiger partial charge in [-0.3, -0.25) is 4.79 Å². The zero-order chi connectivity index (χ0) is 16.4. The highest BCUT2D eigenvalue weighted by molar-refractivity contribution is 9.11. The molecule has 1 aromatic carbocycles. The molecule has 0 saturated heterocycles. The molecule has 0 fully saturated rings. The summed E-state index contributed by atoms with van der Waals surface area (Å²) in [6.07, 6.45) is 0. The van der Waals surface area contributed by atoms with Crippen LogP contribution in [0.4, 0.5) is 0 Å². The van der Waals surface area contributed by atoms with Gasteiger partial charge in [-0.25, -0.2) is 4.98 Å². The van der Waals surface area contributed by atoms with E-state index in [9.17, 15) is 4.79 Å². The van der Waals surface area contributed by atoms with E-state index in [1.807, 2.05) is 48.9 Å². The third-order valence-corrected chi connectivity index (χ3v) is 6.00. The highest BCUT2D eigenvalue weighted by Crippen LogP contribution is 2.28. The summed E-state index contributed by atoms with van der Waals surface area (Å²) >= 11 is 6.30. The van der Waals surface area contributed by atoms with Gasteiger partial charge in [-0.05, 0) is 47.1 Å². The molecule has 8 heteroatoms. The number of rotatable bonds is 6. The number of carbonyl (C=O) groups is 1. The predicted molar refractivity (Wildman–Crippen MR) is 99.0 cm³/mol. The number of aromatic nitrogens is 2. The fourth-order valence-corrected chi connectivity index (χ4v) is 4.49. The molecular formula is C16H15Br2N2O2S2-. The number of Topliss-reactive ketones (excluding diaryl/α,β-unsaturated/α-hetero) is 1. The second-order valence-corrected chi connectivity index (χ2v) is 8.26. The zero-order valence-corrected chi connectivity index (χ0v) is 17.9. The molecular weight excluding hydrogens is 476 g/mol. The van der Waals surface area contributed by atoms with Gasteiger partial charge in [0.2, 0.25) is 0 Å². The van der Waals surface area contributed by atoms with Gasteiger partial charge in [0.15, 0.2) is 10.9 Å². The highest BCUT2D eigenvalue weighted by atomic mass is 79.9. The maximum atomic E-state index is 12.2. The lowest BCUT2D eigenvalue weighted by Gasteiger charge is -2.02. The minimum Gasteiger partial charge on any atom is -1.00 e. The number of fused-ring (bicyclic) bond motifs is 1. The number of thioether (sulfide) groups is 1. The van der Waals surface area contributed by atoms with Gasteiger partial charge in [0.1, 0.15) is 5.75 Å². The van der Waals surface area contributed by atoms with Crippen molar-refractivity contribution in [3.8, 4) is 5.75 Å². The molecule has 3 rings (SSSR count). The number of benzene rings is 1. The number of carbonyl (C=O) groups excluding carboxylic acids is 1. The lowest BCUT2D eigenvalue weighted by atomic mass is 10.3. The van der Waals surface area contributed by atoms with Crippen molar-refractivity contribution in [3.63, 3.8) is 0 Å². The standard InChI is InChI=1S/C16H15BrN2O2S2.BrH/c1-3-21-10-4-5-12-11(8-10)18-16(19(12)2)22-9-13(20)14-6-7-15(17)23-14;/h4-8H,3,9H2,1-2H3;1H/p-1. The van der Waals surface area contributed by atoms with Gasteiger partial charge in [0.25, 0.3) is 0 Å². The van der Waals surface area contributed by atoms with E-state index in [4.69, 9.17) is 4.74 Å². The molecule has 0 saturated carbocycles. The normalized spacial score (nSPS) is 10.6. The summed E-state index contributed by atoms with van der Waals surface area (Å²) in [5.74, 6) is 1.31. The van der Waals surface area contributed by atoms with Gasteiger partial charge in [0.05, 0.1) is 32.1 Å². The molecule has 3 aromatic rings. The van der Waals surface area contributed by atoms with Gasteiger partial charge in [0, 0.05) is 13.1 Å². The van der Waals surface area contributed by atoms with Crippen LogP contribution in [0.15, 0.2) is 39.3 Å². The molecule has 2 aromatic heterocycles. The average Bonchev–Trinajstić information content (AvgIpc) is 3.09. The molecule has 0 aliphatic rings. The van der Waals surface area contributed by atoms with Crippen molar-refractivity contribution < 1.29 is 26.5 Å². The first-order valence-corrected chi connectivity index (χ1v) is 9.68. The summed E-state index contributed by atoms with van der Waals surface area (Å²) < 4.78 is 8.48. The SMILES string of the molecule is CCOc1ccc2c(c1)nc(SCC(=O)c1ccc(Br)s1)n2C.[Br-]. The van der Waals surface area contributed by atoms with Crippen molar-refractivity contribution in [1.29, 1.82) is 0 Å². The van der Waals surface area contributed by atoms with E-state index in [0.717, 1.165) is 30.6 Å². The lowest BCUT2D eigenvalue weighted by molar-refractivity contribution is -0.0000129. The van der Waals surface area contributed by atoms with Gasteiger partial charge >= 0.3 is 0 Å². The van der Waals surface area contributed by atoms with Crippen LogP contribution < -0.4 is 21.7 Å². The van der Waals surface area contributed by atoms with Gasteiger partial charge in [-0.1, -0.05) is 11.8 Å². The summed E-state index contributed by atoms with van der Waals surface area (Å²) in [6, 6.07) is 9.61. The predicted octanol–water partition coefficient (Wildman–Crippen LogP) is 1.77. The van der Waals surface area contributed by atoms with Crippen LogP contribution in [-0.4, -0.2) is 27.7 Å². The summed E-state index contributed by atoms with van der Waals surface area (Å²) in [4.78, 5) is 17.6. The maximum Gasteiger partial charge on any atom is 0.183 e. The largest absolute Gasteiger partial charge is 1.00 e. The van der Waals surface area contributed by atoms with Crippen molar-refractivity contribution >= 4 is 55.8 Å². The number of hydrogen-bond acceptors (Lipinski definition) is 5. The molecule has 0 spiro atoms. The van der Waals surface area contributed by atoms with Crippen LogP contribution in [0.2, 0.25) is 0 Å². The topological polar surface area (TPSA) is 44.1 Å². The van der Waals surface area contributed by atoms with E-state index in [2.05, 4.69) is 20.9 Å². The van der Waals surface area contributed by atoms with Crippen LogP contribution in [0, 0.1) is 0 Å². The first-order chi connectivity index (χ1) is 11.1. The van der Waals surface area contributed by atoms with E-state index >= 15 is 0 Å². The molecule has 0 aliphatic carbocycles. The van der Waals surface area contributed by atoms with Crippen molar-refractivity contribution in [2.75, 3.05) is 12.4 Å². The second kappa shape index (κ2) is 8.51. The van der Waals surface area contributed by atoms with Gasteiger partial charge < -0.3 is 26.3 Å². The summed E-state index contributed by atoms with van der Waals surface area (Å²) in [7, 11) is 1.96. The first-order valence-electron chi connectivity index (χ1n) is 7.09. The molecule has 0 N–H and O–H groups in total. The Morgan fingerprint density at radius 2 is 2.17 bits per heavy atom. The monoisotopic (exact) mass is 489 g/mol. The minimum atomic E-state index is 0. The number of halogens is 2. The van der Waals surface area contributed by atoms with Crippen molar-refractivity contribution in [2.45, 2.75) is 12.1 Å². The minimum absolute atomic E-state index is 0. The summed E-state index contributed by atoms with van der Waals surface area (Å²) in [5.41, 5.74) is 1.91. The van der Waals surface area contributed by atoms with Gasteiger partial charge in [-0.15, -0.1) is 11.3 Å². The number of nitrogens with zero attached hydrogens (tertiary/aromatic N) is 2. The molecule has 128 valence electrons. The maximum absolute atomic E-state index is 12.2. The highest BCUT2D eigenvalue weighted by Gasteiger charge is 2.13. The molecule has 0 aliphatic heterocycles. The van der Waals surface area contributed by atoms with Crippen LogP contribution >= 0.6 is 39.0 Å². The zero-order valence-electron chi connectivity index (χ0n) is 13.1. The molecule has 0 amide bonds. The number of ketones is 1. The number of aryl methyl sites for hydroxylation is 1. The van der Waals surface area contributed by atoms with E-state index in [1.54, 1.807) is 0 Å². The molecule has 24 heavy (non-hydrogen) atoms.